The average Bonchev–Trinajstić information content (AvgIpc) is 3.80. The minimum atomic E-state index is -4.35. The van der Waals surface area contributed by atoms with Crippen molar-refractivity contribution in [2.45, 2.75) is 48.6 Å². The molecule has 4 aliphatic heterocycles. The van der Waals surface area contributed by atoms with Crippen molar-refractivity contribution >= 4 is 65.7 Å². The fourth-order valence-electron chi connectivity index (χ4n) is 5.88. The van der Waals surface area contributed by atoms with Crippen LogP contribution in [-0.4, -0.2) is 99.9 Å². The normalized spacial score (nSPS) is 40.3. The number of halogens is 1. The molecule has 240 valence electrons. The van der Waals surface area contributed by atoms with Gasteiger partial charge < -0.3 is 34.3 Å². The predicted molar refractivity (Wildman–Crippen MR) is 154 cm³/mol. The first-order chi connectivity index (χ1) is 21.5. The minimum absolute atomic E-state index is 0.0278. The number of nitrogens with two attached hydrogens (primary N) is 1. The highest BCUT2D eigenvalue weighted by atomic mass is 32.7. The molecule has 45 heavy (non-hydrogen) atoms. The standard InChI is InChI=1S/C21H22FN9O10P2S2/c22-9-12-8(38-19(9)30-7-29-11-17(30)26-5-27-18(11)32)1-36-42(33,44)41-14-13-20(31-6-28-10-15(23)24-4-25-16(10)31)39-21(14,2-35-13)3-37-43(34,45)40-12/h4-9,12-14,19-20H,1-3H2,(H,33,44)(H,34,45)(H2,23,24,25)(H,26,27,32)/t8-,9-,12-,13-,14+,19-,20-,21?,42?,43?/m1/s1. The second kappa shape index (κ2) is 10.5. The highest BCUT2D eigenvalue weighted by Gasteiger charge is 2.65. The van der Waals surface area contributed by atoms with Crippen LogP contribution < -0.4 is 11.3 Å². The van der Waals surface area contributed by atoms with Crippen LogP contribution in [0.1, 0.15) is 12.5 Å². The zero-order valence-corrected chi connectivity index (χ0v) is 25.9. The molecule has 4 fully saturated rings. The number of ether oxygens (including phenoxy) is 3. The summed E-state index contributed by atoms with van der Waals surface area (Å²) in [5.74, 6) is 0.145. The molecule has 2 bridgehead atoms. The van der Waals surface area contributed by atoms with Crippen molar-refractivity contribution in [2.75, 3.05) is 25.6 Å². The third-order valence-corrected chi connectivity index (χ3v) is 11.1. The van der Waals surface area contributed by atoms with Crippen molar-refractivity contribution < 1.29 is 46.2 Å². The number of imidazole rings is 2. The lowest BCUT2D eigenvalue weighted by molar-refractivity contribution is -0.183. The smallest absolute Gasteiger partial charge is 0.382 e. The molecule has 4 saturated heterocycles. The number of nitrogens with one attached hydrogen (secondary N) is 1. The average molecular weight is 706 g/mol. The van der Waals surface area contributed by atoms with E-state index in [2.05, 4.69) is 42.2 Å². The maximum atomic E-state index is 16.0. The van der Waals surface area contributed by atoms with Crippen molar-refractivity contribution in [3.63, 3.8) is 0 Å². The van der Waals surface area contributed by atoms with Gasteiger partial charge in [-0.15, -0.1) is 0 Å². The van der Waals surface area contributed by atoms with Crippen LogP contribution in [0.2, 0.25) is 0 Å². The van der Waals surface area contributed by atoms with Gasteiger partial charge in [-0.25, -0.2) is 33.9 Å². The van der Waals surface area contributed by atoms with Crippen molar-refractivity contribution in [1.82, 2.24) is 39.0 Å². The SMILES string of the molecule is Nc1ncnc2c1ncn2[C@@H]1OC23CO[C@@H]1[C@@H]2OP(O)(=S)OC[C@H]1O[C@@H](n2cnc4c(=O)[nH]cnc42)[C@H](F)[C@@H]1OP(=O)(S)OC3. The Morgan fingerprint density at radius 3 is 2.64 bits per heavy atom. The van der Waals surface area contributed by atoms with E-state index in [4.69, 9.17) is 49.8 Å². The molecule has 8 heterocycles. The number of thiol groups is 1. The maximum absolute atomic E-state index is 16.0. The molecule has 0 radical (unpaired) electrons. The number of H-pyrrole nitrogens is 1. The van der Waals surface area contributed by atoms with Gasteiger partial charge in [0.25, 0.3) is 5.56 Å². The highest BCUT2D eigenvalue weighted by Crippen LogP contribution is 2.61. The summed E-state index contributed by atoms with van der Waals surface area (Å²) in [4.78, 5) is 46.1. The van der Waals surface area contributed by atoms with Gasteiger partial charge in [0.15, 0.2) is 41.3 Å². The summed E-state index contributed by atoms with van der Waals surface area (Å²) in [6.45, 7) is -9.65. The van der Waals surface area contributed by atoms with Crippen LogP contribution in [-0.2, 0) is 48.7 Å². The largest absolute Gasteiger partial charge is 0.386 e. The van der Waals surface area contributed by atoms with Gasteiger partial charge in [-0.1, -0.05) is 12.2 Å². The first-order valence-corrected chi connectivity index (χ1v) is 18.5. The molecule has 0 aromatic carbocycles. The maximum Gasteiger partial charge on any atom is 0.386 e. The summed E-state index contributed by atoms with van der Waals surface area (Å²) in [7, 11) is 0. The van der Waals surface area contributed by atoms with Crippen LogP contribution in [0.5, 0.6) is 0 Å². The Balaban J connectivity index is 1.10. The predicted octanol–water partition coefficient (Wildman–Crippen LogP) is 0.515. The van der Waals surface area contributed by atoms with Crippen LogP contribution in [0.4, 0.5) is 10.2 Å². The molecule has 4 aromatic heterocycles. The number of aromatic amines is 1. The van der Waals surface area contributed by atoms with Gasteiger partial charge in [-0.2, -0.15) is 0 Å². The van der Waals surface area contributed by atoms with Gasteiger partial charge in [0, 0.05) is 0 Å². The summed E-state index contributed by atoms with van der Waals surface area (Å²) >= 11 is 9.42. The number of rotatable bonds is 2. The molecule has 0 amide bonds. The molecule has 4 aliphatic rings. The van der Waals surface area contributed by atoms with Gasteiger partial charge in [-0.3, -0.25) is 27.5 Å². The number of fused-ring (bicyclic) bond motifs is 3. The fraction of sp³-hybridized carbons (Fsp3) is 0.524. The van der Waals surface area contributed by atoms with Crippen molar-refractivity contribution in [1.29, 1.82) is 0 Å². The van der Waals surface area contributed by atoms with E-state index < -0.39 is 80.9 Å². The van der Waals surface area contributed by atoms with Gasteiger partial charge in [0.05, 0.1) is 38.8 Å². The second-order valence-electron chi connectivity index (χ2n) is 10.6. The molecule has 4 aromatic rings. The fourth-order valence-corrected chi connectivity index (χ4v) is 8.83. The first-order valence-electron chi connectivity index (χ1n) is 13.2. The van der Waals surface area contributed by atoms with Crippen molar-refractivity contribution in [2.24, 2.45) is 0 Å². The van der Waals surface area contributed by atoms with Crippen molar-refractivity contribution in [3.05, 3.63) is 35.7 Å². The molecular weight excluding hydrogens is 683 g/mol. The van der Waals surface area contributed by atoms with Crippen LogP contribution in [0.3, 0.4) is 0 Å². The van der Waals surface area contributed by atoms with Crippen molar-refractivity contribution in [3.8, 4) is 0 Å². The number of aromatic nitrogens is 8. The molecule has 24 heteroatoms. The molecule has 0 aliphatic carbocycles. The van der Waals surface area contributed by atoms with E-state index in [0.717, 1.165) is 6.33 Å². The zero-order valence-electron chi connectivity index (χ0n) is 22.4. The lowest BCUT2D eigenvalue weighted by Gasteiger charge is -2.34. The summed E-state index contributed by atoms with van der Waals surface area (Å²) < 4.78 is 73.4. The lowest BCUT2D eigenvalue weighted by atomic mass is 10.0. The summed E-state index contributed by atoms with van der Waals surface area (Å²) in [5, 5.41) is 0. The van der Waals surface area contributed by atoms with Gasteiger partial charge in [0.1, 0.15) is 41.9 Å². The number of alkyl halides is 1. The van der Waals surface area contributed by atoms with E-state index in [-0.39, 0.29) is 23.6 Å². The van der Waals surface area contributed by atoms with Crippen LogP contribution >= 0.6 is 25.8 Å². The lowest BCUT2D eigenvalue weighted by Crippen LogP contribution is -2.46. The van der Waals surface area contributed by atoms with E-state index in [0.29, 0.717) is 11.2 Å². The number of hydrogen-bond donors (Lipinski definition) is 4. The Kier molecular flexibility index (Phi) is 7.00. The third kappa shape index (κ3) is 4.86. The molecule has 0 saturated carbocycles. The van der Waals surface area contributed by atoms with E-state index in [1.807, 2.05) is 0 Å². The Bertz CT molecular complexity index is 1980. The summed E-state index contributed by atoms with van der Waals surface area (Å²) in [6.07, 6.45) is -4.34. The van der Waals surface area contributed by atoms with E-state index in [1.165, 1.54) is 23.5 Å². The van der Waals surface area contributed by atoms with Gasteiger partial charge >= 0.3 is 13.5 Å². The summed E-state index contributed by atoms with van der Waals surface area (Å²) in [5.41, 5.74) is 4.51. The molecular formula is C21H22FN9O10P2S2. The van der Waals surface area contributed by atoms with E-state index in [1.54, 1.807) is 4.57 Å². The third-order valence-electron chi connectivity index (χ3n) is 7.92. The zero-order chi connectivity index (χ0) is 31.3. The van der Waals surface area contributed by atoms with E-state index in [9.17, 15) is 14.3 Å². The molecule has 0 spiro atoms. The topological polar surface area (TPSA) is 235 Å². The van der Waals surface area contributed by atoms with Crippen LogP contribution in [0.15, 0.2) is 30.1 Å². The number of anilines is 1. The Labute approximate surface area is 260 Å². The highest BCUT2D eigenvalue weighted by molar-refractivity contribution is 8.44. The molecule has 19 nitrogen and oxygen atoms in total. The number of nitrogen functional groups attached to an aromatic ring is 1. The van der Waals surface area contributed by atoms with E-state index >= 15 is 4.39 Å². The summed E-state index contributed by atoms with van der Waals surface area (Å²) in [6, 6.07) is 0. The molecule has 4 N–H and O–H groups in total. The van der Waals surface area contributed by atoms with Crippen LogP contribution in [0.25, 0.3) is 22.3 Å². The minimum Gasteiger partial charge on any atom is -0.382 e. The number of hydrogen-bond acceptors (Lipinski definition) is 16. The number of nitrogens with zero attached hydrogens (tertiary/aromatic N) is 7. The quantitative estimate of drug-likeness (QED) is 0.164. The molecule has 3 unspecified atom stereocenters. The Morgan fingerprint density at radius 1 is 1.07 bits per heavy atom. The van der Waals surface area contributed by atoms with Gasteiger partial charge in [-0.05, 0) is 11.8 Å². The molecule has 10 atom stereocenters. The Hall–Kier alpha value is -2.46. The van der Waals surface area contributed by atoms with Gasteiger partial charge in [0.2, 0.25) is 0 Å². The Morgan fingerprint density at radius 2 is 1.82 bits per heavy atom. The first kappa shape index (κ1) is 29.9. The van der Waals surface area contributed by atoms with Crippen LogP contribution in [0, 0.1) is 0 Å². The molecule has 8 rings (SSSR count). The second-order valence-corrected chi connectivity index (χ2v) is 16.3. The monoisotopic (exact) mass is 705 g/mol.